The number of rotatable bonds is 17. The number of nitrogens with one attached hydrogen (secondary N) is 1. The Morgan fingerprint density at radius 3 is 2.47 bits per heavy atom. The lowest BCUT2D eigenvalue weighted by Gasteiger charge is -2.30. The van der Waals surface area contributed by atoms with Crippen LogP contribution in [0.3, 0.4) is 0 Å². The fourth-order valence-electron chi connectivity index (χ4n) is 3.87. The van der Waals surface area contributed by atoms with E-state index >= 15 is 0 Å². The van der Waals surface area contributed by atoms with Crippen LogP contribution in [0, 0.1) is 0 Å². The Balaban J connectivity index is 2.67. The topological polar surface area (TPSA) is 35.6 Å². The predicted octanol–water partition coefficient (Wildman–Crippen LogP) is 4.90. The highest BCUT2D eigenvalue weighted by atomic mass is 16.1. The molecule has 0 saturated heterocycles. The minimum absolute atomic E-state index is 0.128. The third kappa shape index (κ3) is 9.73. The second kappa shape index (κ2) is 15.0. The Morgan fingerprint density at radius 2 is 1.83 bits per heavy atom. The zero-order chi connectivity index (χ0) is 22.4. The van der Waals surface area contributed by atoms with Crippen LogP contribution >= 0.6 is 0 Å². The van der Waals surface area contributed by atoms with Crippen LogP contribution in [0.15, 0.2) is 37.1 Å². The third-order valence-corrected chi connectivity index (χ3v) is 5.73. The molecule has 4 heteroatoms. The van der Waals surface area contributed by atoms with Gasteiger partial charge in [0.15, 0.2) is 0 Å². The molecule has 0 bridgehead atoms. The van der Waals surface area contributed by atoms with E-state index in [0.29, 0.717) is 6.42 Å². The second-order valence-electron chi connectivity index (χ2n) is 8.51. The first-order valence-electron chi connectivity index (χ1n) is 11.3. The number of hydrogen-bond acceptors (Lipinski definition) is 4. The number of likely N-dealkylation sites (N-methyl/N-ethyl adjacent to an activating group) is 2. The van der Waals surface area contributed by atoms with Gasteiger partial charge in [-0.15, -0.1) is 0 Å². The molecule has 0 saturated carbocycles. The minimum Gasteiger partial charge on any atom is -0.391 e. The highest BCUT2D eigenvalue weighted by Gasteiger charge is 2.18. The lowest BCUT2D eigenvalue weighted by atomic mass is 9.98. The summed E-state index contributed by atoms with van der Waals surface area (Å²) in [6.07, 6.45) is 11.8. The van der Waals surface area contributed by atoms with Crippen LogP contribution in [0.25, 0.3) is 6.08 Å². The first-order chi connectivity index (χ1) is 14.4. The zero-order valence-electron chi connectivity index (χ0n) is 19.8. The molecule has 0 aliphatic heterocycles. The summed E-state index contributed by atoms with van der Waals surface area (Å²) < 4.78 is 0. The molecular formula is C26H43N3O. The summed E-state index contributed by atoms with van der Waals surface area (Å²) in [5.41, 5.74) is 4.81. The molecule has 0 aromatic heterocycles. The maximum atomic E-state index is 10.9. The molecule has 1 aromatic rings. The Labute approximate surface area is 185 Å². The number of carbonyl (C=O) groups excluding carboxylic acids is 1. The van der Waals surface area contributed by atoms with Gasteiger partial charge >= 0.3 is 0 Å². The van der Waals surface area contributed by atoms with Crippen LogP contribution in [0.5, 0.6) is 0 Å². The summed E-state index contributed by atoms with van der Waals surface area (Å²) in [6.45, 7) is 10.1. The van der Waals surface area contributed by atoms with Crippen molar-refractivity contribution in [2.24, 2.45) is 0 Å². The number of nitrogens with zero attached hydrogens (tertiary/aromatic N) is 2. The van der Waals surface area contributed by atoms with E-state index in [9.17, 15) is 4.79 Å². The standard InChI is InChI=1S/C26H43N3O/c1-7-24-17-16-23(14-11-9-8-10-12-18-28(4)5)20-25(24)21-29(6)26(15-13-19-30)22(2)27-3/h7,16-17,19-20,26-27H,1-2,8-15,18,21H2,3-6H3. The molecule has 0 aliphatic carbocycles. The van der Waals surface area contributed by atoms with Gasteiger partial charge in [0, 0.05) is 31.8 Å². The van der Waals surface area contributed by atoms with Crippen molar-refractivity contribution in [1.29, 1.82) is 0 Å². The minimum atomic E-state index is 0.128. The van der Waals surface area contributed by atoms with E-state index in [0.717, 1.165) is 31.4 Å². The second-order valence-corrected chi connectivity index (χ2v) is 8.51. The van der Waals surface area contributed by atoms with Crippen LogP contribution in [0.4, 0.5) is 0 Å². The molecule has 30 heavy (non-hydrogen) atoms. The number of aldehydes is 1. The first kappa shape index (κ1) is 26.1. The van der Waals surface area contributed by atoms with Crippen molar-refractivity contribution in [3.05, 3.63) is 53.7 Å². The van der Waals surface area contributed by atoms with E-state index in [1.54, 1.807) is 0 Å². The molecule has 0 aliphatic rings. The molecular weight excluding hydrogens is 370 g/mol. The van der Waals surface area contributed by atoms with Crippen molar-refractivity contribution in [3.63, 3.8) is 0 Å². The van der Waals surface area contributed by atoms with Crippen LogP contribution in [0.2, 0.25) is 0 Å². The summed E-state index contributed by atoms with van der Waals surface area (Å²) >= 11 is 0. The summed E-state index contributed by atoms with van der Waals surface area (Å²) in [4.78, 5) is 15.4. The quantitative estimate of drug-likeness (QED) is 0.291. The average Bonchev–Trinajstić information content (AvgIpc) is 2.73. The van der Waals surface area contributed by atoms with Crippen molar-refractivity contribution < 1.29 is 4.79 Å². The zero-order valence-corrected chi connectivity index (χ0v) is 19.8. The van der Waals surface area contributed by atoms with E-state index < -0.39 is 0 Å². The fraction of sp³-hybridized carbons (Fsp3) is 0.577. The Morgan fingerprint density at radius 1 is 1.13 bits per heavy atom. The molecule has 1 unspecified atom stereocenters. The Hall–Kier alpha value is -1.91. The van der Waals surface area contributed by atoms with E-state index in [-0.39, 0.29) is 6.04 Å². The number of aryl methyl sites for hydroxylation is 1. The average molecular weight is 414 g/mol. The van der Waals surface area contributed by atoms with Gasteiger partial charge in [-0.1, -0.05) is 56.7 Å². The van der Waals surface area contributed by atoms with Gasteiger partial charge in [-0.2, -0.15) is 0 Å². The number of carbonyl (C=O) groups is 1. The maximum Gasteiger partial charge on any atom is 0.120 e. The van der Waals surface area contributed by atoms with Crippen LogP contribution in [-0.4, -0.2) is 56.9 Å². The van der Waals surface area contributed by atoms with E-state index in [2.05, 4.69) is 67.6 Å². The molecule has 168 valence electrons. The molecule has 4 nitrogen and oxygen atoms in total. The summed E-state index contributed by atoms with van der Waals surface area (Å²) in [6, 6.07) is 6.89. The third-order valence-electron chi connectivity index (χ3n) is 5.73. The largest absolute Gasteiger partial charge is 0.391 e. The summed E-state index contributed by atoms with van der Waals surface area (Å²) in [7, 11) is 8.27. The predicted molar refractivity (Wildman–Crippen MR) is 131 cm³/mol. The molecule has 0 spiro atoms. The number of hydrogen-bond donors (Lipinski definition) is 1. The fourth-order valence-corrected chi connectivity index (χ4v) is 3.87. The number of unbranched alkanes of at least 4 members (excludes halogenated alkanes) is 4. The molecule has 1 aromatic carbocycles. The lowest BCUT2D eigenvalue weighted by Crippen LogP contribution is -2.36. The van der Waals surface area contributed by atoms with Gasteiger partial charge in [-0.05, 0) is 70.1 Å². The molecule has 1 N–H and O–H groups in total. The van der Waals surface area contributed by atoms with Gasteiger partial charge in [0.05, 0.1) is 0 Å². The normalized spacial score (nSPS) is 12.2. The van der Waals surface area contributed by atoms with Gasteiger partial charge < -0.3 is 15.0 Å². The van der Waals surface area contributed by atoms with E-state index in [1.165, 1.54) is 55.3 Å². The Kier molecular flexibility index (Phi) is 13.0. The Bertz CT molecular complexity index is 654. The van der Waals surface area contributed by atoms with Crippen molar-refractivity contribution in [1.82, 2.24) is 15.1 Å². The number of benzene rings is 1. The molecule has 0 amide bonds. The van der Waals surface area contributed by atoms with Gasteiger partial charge in [0.2, 0.25) is 0 Å². The van der Waals surface area contributed by atoms with Gasteiger partial charge in [0.1, 0.15) is 6.29 Å². The van der Waals surface area contributed by atoms with E-state index in [1.807, 2.05) is 13.1 Å². The molecule has 0 fully saturated rings. The van der Waals surface area contributed by atoms with Crippen LogP contribution < -0.4 is 5.32 Å². The van der Waals surface area contributed by atoms with Crippen molar-refractivity contribution >= 4 is 12.4 Å². The molecule has 1 rings (SSSR count). The first-order valence-corrected chi connectivity index (χ1v) is 11.3. The van der Waals surface area contributed by atoms with E-state index in [4.69, 9.17) is 0 Å². The summed E-state index contributed by atoms with van der Waals surface area (Å²) in [5.74, 6) is 0. The SMILES string of the molecule is C=Cc1ccc(CCCCCCCN(C)C)cc1CN(C)C(CCC=O)C(=C)NC. The van der Waals surface area contributed by atoms with Crippen LogP contribution in [-0.2, 0) is 17.8 Å². The van der Waals surface area contributed by atoms with Crippen molar-refractivity contribution in [3.8, 4) is 0 Å². The van der Waals surface area contributed by atoms with Crippen molar-refractivity contribution in [2.45, 2.75) is 64.0 Å². The highest BCUT2D eigenvalue weighted by molar-refractivity contribution is 5.53. The van der Waals surface area contributed by atoms with Gasteiger partial charge in [-0.3, -0.25) is 4.90 Å². The summed E-state index contributed by atoms with van der Waals surface area (Å²) in [5, 5.41) is 3.16. The van der Waals surface area contributed by atoms with Crippen molar-refractivity contribution in [2.75, 3.05) is 34.7 Å². The molecule has 1 atom stereocenters. The molecule has 0 radical (unpaired) electrons. The van der Waals surface area contributed by atoms with Crippen LogP contribution in [0.1, 0.15) is 61.6 Å². The smallest absolute Gasteiger partial charge is 0.120 e. The van der Waals surface area contributed by atoms with Gasteiger partial charge in [0.25, 0.3) is 0 Å². The maximum absolute atomic E-state index is 10.9. The highest BCUT2D eigenvalue weighted by Crippen LogP contribution is 2.21. The molecule has 0 heterocycles. The lowest BCUT2D eigenvalue weighted by molar-refractivity contribution is -0.108. The monoisotopic (exact) mass is 413 g/mol. The van der Waals surface area contributed by atoms with Gasteiger partial charge in [-0.25, -0.2) is 0 Å².